The van der Waals surface area contributed by atoms with Gasteiger partial charge in [-0.3, -0.25) is 9.48 Å². The zero-order chi connectivity index (χ0) is 16.4. The molecule has 1 rings (SSSR count). The fraction of sp³-hybridized carbons (Fsp3) is 0.692. The molecule has 0 fully saturated rings. The Kier molecular flexibility index (Phi) is 5.38. The Bertz CT molecular complexity index is 498. The Labute approximate surface area is 121 Å². The molecule has 0 saturated heterocycles. The third kappa shape index (κ3) is 4.20. The number of nitrogens with two attached hydrogens (primary N) is 1. The molecule has 1 aromatic rings. The van der Waals surface area contributed by atoms with Gasteiger partial charge in [0.25, 0.3) is 0 Å². The molecule has 0 aliphatic carbocycles. The molecule has 0 radical (unpaired) electrons. The van der Waals surface area contributed by atoms with Crippen molar-refractivity contribution in [3.05, 3.63) is 17.5 Å². The Morgan fingerprint density at radius 2 is 2.10 bits per heavy atom. The first-order valence-electron chi connectivity index (χ1n) is 6.68. The van der Waals surface area contributed by atoms with Gasteiger partial charge in [-0.1, -0.05) is 20.3 Å². The highest BCUT2D eigenvalue weighted by Crippen LogP contribution is 2.31. The molecule has 2 unspecified atom stereocenters. The van der Waals surface area contributed by atoms with Gasteiger partial charge in [-0.2, -0.15) is 18.3 Å². The summed E-state index contributed by atoms with van der Waals surface area (Å²) < 4.78 is 39.6. The van der Waals surface area contributed by atoms with E-state index in [4.69, 9.17) is 5.73 Å². The van der Waals surface area contributed by atoms with Crippen LogP contribution in [0.3, 0.4) is 0 Å². The van der Waals surface area contributed by atoms with Gasteiger partial charge < -0.3 is 10.6 Å². The van der Waals surface area contributed by atoms with Crippen LogP contribution in [0.2, 0.25) is 0 Å². The van der Waals surface area contributed by atoms with Crippen molar-refractivity contribution >= 4 is 5.91 Å². The van der Waals surface area contributed by atoms with Gasteiger partial charge in [0.1, 0.15) is 0 Å². The van der Waals surface area contributed by atoms with Crippen molar-refractivity contribution in [2.24, 2.45) is 18.7 Å². The maximum absolute atomic E-state index is 12.9. The smallest absolute Gasteiger partial charge is 0.340 e. The third-order valence-electron chi connectivity index (χ3n) is 3.50. The van der Waals surface area contributed by atoms with Crippen LogP contribution < -0.4 is 5.73 Å². The standard InChI is InChI=1S/C13H21F3N4O/c1-5-8(2)10(17)12(21)19(3)6-9-7-20(4)18-11(9)13(14,15)16/h7-8,10H,5-6,17H2,1-4H3. The number of nitrogens with zero attached hydrogens (tertiary/aromatic N) is 3. The highest BCUT2D eigenvalue weighted by molar-refractivity contribution is 5.81. The molecule has 0 spiro atoms. The van der Waals surface area contributed by atoms with Crippen molar-refractivity contribution < 1.29 is 18.0 Å². The molecule has 1 heterocycles. The number of aromatic nitrogens is 2. The van der Waals surface area contributed by atoms with E-state index in [-0.39, 0.29) is 23.9 Å². The lowest BCUT2D eigenvalue weighted by Crippen LogP contribution is -2.45. The van der Waals surface area contributed by atoms with Crippen molar-refractivity contribution in [2.75, 3.05) is 7.05 Å². The molecule has 1 aromatic heterocycles. The van der Waals surface area contributed by atoms with Crippen LogP contribution in [0.25, 0.3) is 0 Å². The molecular formula is C13H21F3N4O. The minimum Gasteiger partial charge on any atom is -0.340 e. The molecular weight excluding hydrogens is 285 g/mol. The first kappa shape index (κ1) is 17.5. The summed E-state index contributed by atoms with van der Waals surface area (Å²) in [6, 6.07) is -0.717. The Balaban J connectivity index is 2.89. The van der Waals surface area contributed by atoms with Gasteiger partial charge in [0, 0.05) is 32.4 Å². The third-order valence-corrected chi connectivity index (χ3v) is 3.50. The van der Waals surface area contributed by atoms with Gasteiger partial charge >= 0.3 is 6.18 Å². The number of hydrogen-bond acceptors (Lipinski definition) is 3. The Morgan fingerprint density at radius 1 is 1.52 bits per heavy atom. The van der Waals surface area contributed by atoms with E-state index in [0.717, 1.165) is 11.1 Å². The molecule has 5 nitrogen and oxygen atoms in total. The fourth-order valence-electron chi connectivity index (χ4n) is 1.98. The number of carbonyl (C=O) groups is 1. The quantitative estimate of drug-likeness (QED) is 0.901. The SMILES string of the molecule is CCC(C)C(N)C(=O)N(C)Cc1cn(C)nc1C(F)(F)F. The van der Waals surface area contributed by atoms with E-state index in [9.17, 15) is 18.0 Å². The van der Waals surface area contributed by atoms with E-state index < -0.39 is 17.9 Å². The zero-order valence-corrected chi connectivity index (χ0v) is 12.6. The Hall–Kier alpha value is -1.57. The van der Waals surface area contributed by atoms with Crippen LogP contribution in [-0.4, -0.2) is 33.7 Å². The van der Waals surface area contributed by atoms with Crippen LogP contribution in [0.5, 0.6) is 0 Å². The summed E-state index contributed by atoms with van der Waals surface area (Å²) in [4.78, 5) is 13.3. The lowest BCUT2D eigenvalue weighted by atomic mass is 9.99. The van der Waals surface area contributed by atoms with Crippen molar-refractivity contribution in [1.29, 1.82) is 0 Å². The van der Waals surface area contributed by atoms with Crippen molar-refractivity contribution in [3.63, 3.8) is 0 Å². The zero-order valence-electron chi connectivity index (χ0n) is 12.6. The minimum absolute atomic E-state index is 0.0315. The summed E-state index contributed by atoms with van der Waals surface area (Å²) in [5, 5.41) is 3.41. The van der Waals surface area contributed by atoms with Crippen molar-refractivity contribution in [3.8, 4) is 0 Å². The molecule has 0 bridgehead atoms. The average Bonchev–Trinajstić information content (AvgIpc) is 2.76. The number of alkyl halides is 3. The van der Waals surface area contributed by atoms with Crippen LogP contribution >= 0.6 is 0 Å². The van der Waals surface area contributed by atoms with Gasteiger partial charge in [0.2, 0.25) is 5.91 Å². The first-order chi connectivity index (χ1) is 9.57. The van der Waals surface area contributed by atoms with Gasteiger partial charge in [-0.05, 0) is 5.92 Å². The lowest BCUT2D eigenvalue weighted by molar-refractivity contribution is -0.143. The number of carbonyl (C=O) groups excluding carboxylic acids is 1. The van der Waals surface area contributed by atoms with Crippen molar-refractivity contribution in [1.82, 2.24) is 14.7 Å². The molecule has 0 saturated carbocycles. The van der Waals surface area contributed by atoms with Crippen molar-refractivity contribution in [2.45, 2.75) is 39.0 Å². The first-order valence-corrected chi connectivity index (χ1v) is 6.68. The van der Waals surface area contributed by atoms with Crippen LogP contribution in [0.15, 0.2) is 6.20 Å². The predicted octanol–water partition coefficient (Wildman–Crippen LogP) is 1.77. The maximum Gasteiger partial charge on any atom is 0.435 e. The summed E-state index contributed by atoms with van der Waals surface area (Å²) >= 11 is 0. The monoisotopic (exact) mass is 306 g/mol. The Morgan fingerprint density at radius 3 is 2.57 bits per heavy atom. The highest BCUT2D eigenvalue weighted by atomic mass is 19.4. The fourth-order valence-corrected chi connectivity index (χ4v) is 1.98. The number of likely N-dealkylation sites (N-methyl/N-ethyl adjacent to an activating group) is 1. The topological polar surface area (TPSA) is 64.2 Å². The molecule has 2 N–H and O–H groups in total. The second kappa shape index (κ2) is 6.46. The van der Waals surface area contributed by atoms with Gasteiger partial charge in [0.15, 0.2) is 5.69 Å². The van der Waals surface area contributed by atoms with Gasteiger partial charge in [-0.15, -0.1) is 0 Å². The molecule has 2 atom stereocenters. The van der Waals surface area contributed by atoms with E-state index in [1.54, 1.807) is 0 Å². The summed E-state index contributed by atoms with van der Waals surface area (Å²) in [7, 11) is 2.85. The molecule has 0 aliphatic heterocycles. The number of halogens is 3. The van der Waals surface area contributed by atoms with E-state index in [2.05, 4.69) is 5.10 Å². The summed E-state index contributed by atoms with van der Waals surface area (Å²) in [6.45, 7) is 3.56. The van der Waals surface area contributed by atoms with Crippen LogP contribution in [0.1, 0.15) is 31.5 Å². The van der Waals surface area contributed by atoms with E-state index in [1.807, 2.05) is 13.8 Å². The molecule has 21 heavy (non-hydrogen) atoms. The highest BCUT2D eigenvalue weighted by Gasteiger charge is 2.37. The number of amides is 1. The molecule has 120 valence electrons. The number of hydrogen-bond donors (Lipinski definition) is 1. The summed E-state index contributed by atoms with van der Waals surface area (Å²) in [6.07, 6.45) is -2.55. The lowest BCUT2D eigenvalue weighted by Gasteiger charge is -2.24. The molecule has 0 aromatic carbocycles. The normalized spacial score (nSPS) is 14.9. The average molecular weight is 306 g/mol. The number of aryl methyl sites for hydroxylation is 1. The number of rotatable bonds is 5. The largest absolute Gasteiger partial charge is 0.435 e. The van der Waals surface area contributed by atoms with Crippen LogP contribution in [0, 0.1) is 5.92 Å². The summed E-state index contributed by atoms with van der Waals surface area (Å²) in [5.41, 5.74) is 4.81. The predicted molar refractivity (Wildman–Crippen MR) is 72.1 cm³/mol. The van der Waals surface area contributed by atoms with Gasteiger partial charge in [-0.25, -0.2) is 0 Å². The minimum atomic E-state index is -4.54. The van der Waals surface area contributed by atoms with Crippen LogP contribution in [-0.2, 0) is 24.6 Å². The van der Waals surface area contributed by atoms with E-state index in [0.29, 0.717) is 0 Å². The van der Waals surface area contributed by atoms with E-state index >= 15 is 0 Å². The second-order valence-corrected chi connectivity index (χ2v) is 5.28. The second-order valence-electron chi connectivity index (χ2n) is 5.28. The maximum atomic E-state index is 12.9. The molecule has 8 heteroatoms. The summed E-state index contributed by atoms with van der Waals surface area (Å²) in [5.74, 6) is -0.405. The van der Waals surface area contributed by atoms with Crippen LogP contribution in [0.4, 0.5) is 13.2 Å². The molecule has 1 amide bonds. The van der Waals surface area contributed by atoms with E-state index in [1.165, 1.54) is 25.2 Å². The molecule has 0 aliphatic rings. The van der Waals surface area contributed by atoms with Gasteiger partial charge in [0.05, 0.1) is 6.04 Å².